The lowest BCUT2D eigenvalue weighted by molar-refractivity contribution is 0.0523. The fourth-order valence-electron chi connectivity index (χ4n) is 2.35. The minimum absolute atomic E-state index is 0.154. The fraction of sp³-hybridized carbons (Fsp3) is 0.421. The number of carbonyl (C=O) groups is 1. The molecule has 0 aliphatic heterocycles. The number of hydrogen-bond acceptors (Lipinski definition) is 3. The van der Waals surface area contributed by atoms with E-state index in [4.69, 9.17) is 4.74 Å². The number of ether oxygens (including phenoxy) is 1. The summed E-state index contributed by atoms with van der Waals surface area (Å²) in [5.41, 5.74) is 0.788. The highest BCUT2D eigenvalue weighted by Gasteiger charge is 2.16. The minimum Gasteiger partial charge on any atom is -0.444 e. The van der Waals surface area contributed by atoms with E-state index in [0.717, 1.165) is 6.54 Å². The van der Waals surface area contributed by atoms with Crippen molar-refractivity contribution < 1.29 is 9.53 Å². The van der Waals surface area contributed by atoms with E-state index in [9.17, 15) is 4.79 Å². The predicted octanol–water partition coefficient (Wildman–Crippen LogP) is 3.84. The molecule has 0 aromatic heterocycles. The maximum atomic E-state index is 11.7. The van der Waals surface area contributed by atoms with Gasteiger partial charge in [0.15, 0.2) is 0 Å². The number of carbonyl (C=O) groups excluding carboxylic acids is 1. The maximum absolute atomic E-state index is 11.7. The molecule has 4 nitrogen and oxygen atoms in total. The summed E-state index contributed by atoms with van der Waals surface area (Å²) in [6, 6.07) is 14.8. The molecule has 1 amide bonds. The number of nitrogens with one attached hydrogen (secondary N) is 2. The third-order valence-electron chi connectivity index (χ3n) is 3.47. The third kappa shape index (κ3) is 5.57. The van der Waals surface area contributed by atoms with Crippen LogP contribution in [0.2, 0.25) is 0 Å². The number of alkyl carbamates (subject to hydrolysis) is 1. The molecular weight excluding hydrogens is 288 g/mol. The van der Waals surface area contributed by atoms with Gasteiger partial charge in [-0.15, -0.1) is 0 Å². The van der Waals surface area contributed by atoms with Gasteiger partial charge in [-0.3, -0.25) is 0 Å². The van der Waals surface area contributed by atoms with Crippen LogP contribution in [-0.4, -0.2) is 24.3 Å². The van der Waals surface area contributed by atoms with E-state index < -0.39 is 5.60 Å². The molecule has 0 saturated heterocycles. The number of fused-ring (bicyclic) bond motifs is 1. The molecule has 1 atom stereocenters. The summed E-state index contributed by atoms with van der Waals surface area (Å²) in [6.45, 7) is 8.90. The molecule has 0 saturated carbocycles. The van der Waals surface area contributed by atoms with Gasteiger partial charge in [-0.05, 0) is 44.0 Å². The summed E-state index contributed by atoms with van der Waals surface area (Å²) < 4.78 is 5.23. The molecule has 0 heterocycles. The molecule has 2 aromatic rings. The summed E-state index contributed by atoms with van der Waals surface area (Å²) >= 11 is 0. The second-order valence-corrected chi connectivity index (χ2v) is 6.80. The van der Waals surface area contributed by atoms with Crippen molar-refractivity contribution in [3.05, 3.63) is 48.0 Å². The summed E-state index contributed by atoms with van der Waals surface area (Å²) in [5.74, 6) is 0. The van der Waals surface area contributed by atoms with Gasteiger partial charge in [-0.25, -0.2) is 4.79 Å². The molecule has 0 aliphatic rings. The SMILES string of the molecule is CC(CNC(=O)OC(C)(C)C)NCc1cccc2ccccc12. The van der Waals surface area contributed by atoms with Crippen LogP contribution in [0.3, 0.4) is 0 Å². The highest BCUT2D eigenvalue weighted by Crippen LogP contribution is 2.18. The summed E-state index contributed by atoms with van der Waals surface area (Å²) in [6.07, 6.45) is -0.378. The first-order valence-corrected chi connectivity index (χ1v) is 8.02. The van der Waals surface area contributed by atoms with Gasteiger partial charge in [-0.2, -0.15) is 0 Å². The largest absolute Gasteiger partial charge is 0.444 e. The molecule has 2 aromatic carbocycles. The van der Waals surface area contributed by atoms with E-state index in [1.54, 1.807) is 0 Å². The maximum Gasteiger partial charge on any atom is 0.407 e. The van der Waals surface area contributed by atoms with Gasteiger partial charge < -0.3 is 15.4 Å². The van der Waals surface area contributed by atoms with Crippen LogP contribution >= 0.6 is 0 Å². The van der Waals surface area contributed by atoms with Crippen molar-refractivity contribution in [1.29, 1.82) is 0 Å². The fourth-order valence-corrected chi connectivity index (χ4v) is 2.35. The molecule has 23 heavy (non-hydrogen) atoms. The Balaban J connectivity index is 1.84. The Morgan fingerprint density at radius 3 is 2.57 bits per heavy atom. The van der Waals surface area contributed by atoms with Crippen LogP contribution in [0.1, 0.15) is 33.3 Å². The van der Waals surface area contributed by atoms with Crippen LogP contribution in [-0.2, 0) is 11.3 Å². The lowest BCUT2D eigenvalue weighted by atomic mass is 10.0. The zero-order valence-corrected chi connectivity index (χ0v) is 14.3. The average molecular weight is 314 g/mol. The first-order valence-electron chi connectivity index (χ1n) is 8.02. The van der Waals surface area contributed by atoms with Crippen molar-refractivity contribution in [1.82, 2.24) is 10.6 Å². The molecule has 0 radical (unpaired) electrons. The highest BCUT2D eigenvalue weighted by molar-refractivity contribution is 5.85. The lowest BCUT2D eigenvalue weighted by Gasteiger charge is -2.21. The third-order valence-corrected chi connectivity index (χ3v) is 3.47. The molecule has 0 aliphatic carbocycles. The summed E-state index contributed by atoms with van der Waals surface area (Å²) in [7, 11) is 0. The van der Waals surface area contributed by atoms with Gasteiger partial charge in [0.25, 0.3) is 0 Å². The van der Waals surface area contributed by atoms with Crippen LogP contribution in [0.5, 0.6) is 0 Å². The molecular formula is C19H26N2O2. The zero-order valence-electron chi connectivity index (χ0n) is 14.3. The van der Waals surface area contributed by atoms with Crippen molar-refractivity contribution in [2.24, 2.45) is 0 Å². The zero-order chi connectivity index (χ0) is 16.9. The molecule has 2 N–H and O–H groups in total. The van der Waals surface area contributed by atoms with Crippen LogP contribution in [0.4, 0.5) is 4.79 Å². The van der Waals surface area contributed by atoms with E-state index in [1.165, 1.54) is 16.3 Å². The van der Waals surface area contributed by atoms with Gasteiger partial charge in [-0.1, -0.05) is 42.5 Å². The number of amides is 1. The van der Waals surface area contributed by atoms with E-state index in [0.29, 0.717) is 6.54 Å². The Morgan fingerprint density at radius 2 is 1.83 bits per heavy atom. The Hall–Kier alpha value is -2.07. The second kappa shape index (κ2) is 7.47. The van der Waals surface area contributed by atoms with Crippen molar-refractivity contribution in [3.63, 3.8) is 0 Å². The second-order valence-electron chi connectivity index (χ2n) is 6.80. The Morgan fingerprint density at radius 1 is 1.13 bits per heavy atom. The molecule has 1 unspecified atom stereocenters. The van der Waals surface area contributed by atoms with Crippen LogP contribution < -0.4 is 10.6 Å². The highest BCUT2D eigenvalue weighted by atomic mass is 16.6. The van der Waals surface area contributed by atoms with E-state index in [1.807, 2.05) is 33.8 Å². The van der Waals surface area contributed by atoms with E-state index in [2.05, 4.69) is 47.0 Å². The van der Waals surface area contributed by atoms with Crippen molar-refractivity contribution in [2.75, 3.05) is 6.54 Å². The van der Waals surface area contributed by atoms with E-state index >= 15 is 0 Å². The minimum atomic E-state index is -0.469. The molecule has 0 spiro atoms. The standard InChI is InChI=1S/C19H26N2O2/c1-14(12-21-18(22)23-19(2,3)4)20-13-16-10-7-9-15-8-5-6-11-17(15)16/h5-11,14,20H,12-13H2,1-4H3,(H,21,22). The topological polar surface area (TPSA) is 50.4 Å². The summed E-state index contributed by atoms with van der Waals surface area (Å²) in [4.78, 5) is 11.7. The number of hydrogen-bond donors (Lipinski definition) is 2. The number of benzene rings is 2. The Kier molecular flexibility index (Phi) is 5.61. The summed E-state index contributed by atoms with van der Waals surface area (Å²) in [5, 5.41) is 8.73. The Labute approximate surface area is 138 Å². The monoisotopic (exact) mass is 314 g/mol. The molecule has 0 fully saturated rings. The molecule has 4 heteroatoms. The predicted molar refractivity (Wildman–Crippen MR) is 94.5 cm³/mol. The van der Waals surface area contributed by atoms with Gasteiger partial charge >= 0.3 is 6.09 Å². The lowest BCUT2D eigenvalue weighted by Crippen LogP contribution is -2.41. The van der Waals surface area contributed by atoms with Crippen molar-refractivity contribution >= 4 is 16.9 Å². The van der Waals surface area contributed by atoms with Gasteiger partial charge in [0.2, 0.25) is 0 Å². The normalized spacial score (nSPS) is 12.9. The molecule has 0 bridgehead atoms. The van der Waals surface area contributed by atoms with Crippen LogP contribution in [0.25, 0.3) is 10.8 Å². The number of rotatable bonds is 5. The average Bonchev–Trinajstić information content (AvgIpc) is 2.49. The van der Waals surface area contributed by atoms with E-state index in [-0.39, 0.29) is 12.1 Å². The van der Waals surface area contributed by atoms with Crippen LogP contribution in [0, 0.1) is 0 Å². The molecule has 124 valence electrons. The first-order chi connectivity index (χ1) is 10.8. The Bertz CT molecular complexity index is 656. The van der Waals surface area contributed by atoms with Gasteiger partial charge in [0, 0.05) is 19.1 Å². The van der Waals surface area contributed by atoms with Gasteiger partial charge in [0.05, 0.1) is 0 Å². The molecule has 2 rings (SSSR count). The van der Waals surface area contributed by atoms with Crippen molar-refractivity contribution in [3.8, 4) is 0 Å². The quantitative estimate of drug-likeness (QED) is 0.881. The first kappa shape index (κ1) is 17.3. The van der Waals surface area contributed by atoms with Crippen molar-refractivity contribution in [2.45, 2.75) is 45.9 Å². The van der Waals surface area contributed by atoms with Crippen LogP contribution in [0.15, 0.2) is 42.5 Å². The van der Waals surface area contributed by atoms with Gasteiger partial charge in [0.1, 0.15) is 5.60 Å². The smallest absolute Gasteiger partial charge is 0.407 e.